The average molecular weight is 279 g/mol. The van der Waals surface area contributed by atoms with Crippen LogP contribution in [-0.4, -0.2) is 45.6 Å². The van der Waals surface area contributed by atoms with Gasteiger partial charge in [0.05, 0.1) is 0 Å². The summed E-state index contributed by atoms with van der Waals surface area (Å²) in [6.07, 6.45) is 0.990. The molecule has 6 nitrogen and oxygen atoms in total. The third kappa shape index (κ3) is 3.00. The number of nitrogens with two attached hydrogens (primary N) is 1. The van der Waals surface area contributed by atoms with Crippen LogP contribution in [0.15, 0.2) is 0 Å². The Morgan fingerprint density at radius 1 is 1.50 bits per heavy atom. The highest BCUT2D eigenvalue weighted by atomic mass is 16.2. The second-order valence-corrected chi connectivity index (χ2v) is 6.77. The molecule has 1 saturated heterocycles. The van der Waals surface area contributed by atoms with E-state index in [-0.39, 0.29) is 17.1 Å². The number of H-pyrrole nitrogens is 1. The second-order valence-electron chi connectivity index (χ2n) is 6.77. The molecule has 2 unspecified atom stereocenters. The van der Waals surface area contributed by atoms with Crippen molar-refractivity contribution in [2.24, 2.45) is 17.6 Å². The molecule has 6 heteroatoms. The molecular weight excluding hydrogens is 254 g/mol. The molecular formula is C14H25N5O. The van der Waals surface area contributed by atoms with E-state index in [1.165, 1.54) is 0 Å². The summed E-state index contributed by atoms with van der Waals surface area (Å²) in [5, 5.41) is 6.94. The van der Waals surface area contributed by atoms with Crippen LogP contribution in [0.1, 0.15) is 50.6 Å². The van der Waals surface area contributed by atoms with Crippen molar-refractivity contribution in [1.29, 1.82) is 0 Å². The maximum atomic E-state index is 12.4. The highest BCUT2D eigenvalue weighted by molar-refractivity contribution is 5.90. The number of nitrogens with zero attached hydrogens (tertiary/aromatic N) is 3. The van der Waals surface area contributed by atoms with Crippen molar-refractivity contribution in [3.05, 3.63) is 11.6 Å². The Morgan fingerprint density at radius 3 is 2.75 bits per heavy atom. The number of carbonyl (C=O) groups excluding carboxylic acids is 1. The number of likely N-dealkylation sites (tertiary alicyclic amines) is 1. The highest BCUT2D eigenvalue weighted by Gasteiger charge is 2.30. The molecule has 0 aromatic carbocycles. The lowest BCUT2D eigenvalue weighted by molar-refractivity contribution is 0.0606. The van der Waals surface area contributed by atoms with E-state index in [4.69, 9.17) is 5.73 Å². The van der Waals surface area contributed by atoms with Crippen LogP contribution >= 0.6 is 0 Å². The summed E-state index contributed by atoms with van der Waals surface area (Å²) in [6.45, 7) is 10.4. The monoisotopic (exact) mass is 279 g/mol. The zero-order valence-electron chi connectivity index (χ0n) is 12.8. The van der Waals surface area contributed by atoms with E-state index in [2.05, 4.69) is 22.1 Å². The third-order valence-corrected chi connectivity index (χ3v) is 4.09. The zero-order chi connectivity index (χ0) is 14.9. The van der Waals surface area contributed by atoms with E-state index >= 15 is 0 Å². The Balaban J connectivity index is 2.10. The SMILES string of the molecule is CC1CCN(C(=O)c2n[nH]c(C(C)(C)C)n2)CC1CN. The molecule has 0 spiro atoms. The summed E-state index contributed by atoms with van der Waals surface area (Å²) < 4.78 is 0. The van der Waals surface area contributed by atoms with Gasteiger partial charge in [-0.05, 0) is 24.8 Å². The van der Waals surface area contributed by atoms with Gasteiger partial charge in [0.2, 0.25) is 5.82 Å². The van der Waals surface area contributed by atoms with Gasteiger partial charge in [0.1, 0.15) is 5.82 Å². The van der Waals surface area contributed by atoms with Gasteiger partial charge in [0.15, 0.2) is 0 Å². The predicted molar refractivity (Wildman–Crippen MR) is 77.3 cm³/mol. The number of aromatic amines is 1. The molecule has 2 rings (SSSR count). The van der Waals surface area contributed by atoms with Gasteiger partial charge in [-0.3, -0.25) is 9.89 Å². The maximum Gasteiger partial charge on any atom is 0.293 e. The molecule has 1 amide bonds. The molecule has 2 atom stereocenters. The fourth-order valence-corrected chi connectivity index (χ4v) is 2.48. The van der Waals surface area contributed by atoms with E-state index < -0.39 is 0 Å². The van der Waals surface area contributed by atoms with E-state index in [0.29, 0.717) is 24.9 Å². The van der Waals surface area contributed by atoms with E-state index in [1.54, 1.807) is 0 Å². The van der Waals surface area contributed by atoms with Gasteiger partial charge >= 0.3 is 0 Å². The van der Waals surface area contributed by atoms with Crippen LogP contribution in [0.2, 0.25) is 0 Å². The van der Waals surface area contributed by atoms with Gasteiger partial charge in [-0.15, -0.1) is 5.10 Å². The molecule has 1 aliphatic rings. The van der Waals surface area contributed by atoms with Crippen molar-refractivity contribution >= 4 is 5.91 Å². The molecule has 0 aliphatic carbocycles. The molecule has 20 heavy (non-hydrogen) atoms. The largest absolute Gasteiger partial charge is 0.336 e. The molecule has 0 saturated carbocycles. The van der Waals surface area contributed by atoms with E-state index in [1.807, 2.05) is 25.7 Å². The molecule has 112 valence electrons. The van der Waals surface area contributed by atoms with Crippen molar-refractivity contribution in [1.82, 2.24) is 20.1 Å². The Hall–Kier alpha value is -1.43. The smallest absolute Gasteiger partial charge is 0.293 e. The molecule has 0 bridgehead atoms. The van der Waals surface area contributed by atoms with Crippen LogP contribution in [0.5, 0.6) is 0 Å². The lowest BCUT2D eigenvalue weighted by Gasteiger charge is -2.35. The first kappa shape index (κ1) is 15.0. The lowest BCUT2D eigenvalue weighted by atomic mass is 9.87. The number of hydrogen-bond acceptors (Lipinski definition) is 4. The van der Waals surface area contributed by atoms with E-state index in [0.717, 1.165) is 18.8 Å². The van der Waals surface area contributed by atoms with Gasteiger partial charge < -0.3 is 10.6 Å². The number of amides is 1. The Bertz CT molecular complexity index is 476. The van der Waals surface area contributed by atoms with Crippen LogP contribution in [0.4, 0.5) is 0 Å². The predicted octanol–water partition coefficient (Wildman–Crippen LogP) is 1.16. The Kier molecular flexibility index (Phi) is 4.13. The minimum absolute atomic E-state index is 0.0953. The molecule has 1 aromatic rings. The molecule has 0 radical (unpaired) electrons. The van der Waals surface area contributed by atoms with Gasteiger partial charge in [-0.25, -0.2) is 4.98 Å². The van der Waals surface area contributed by atoms with Crippen molar-refractivity contribution in [2.75, 3.05) is 19.6 Å². The first-order valence-electron chi connectivity index (χ1n) is 7.25. The van der Waals surface area contributed by atoms with Crippen LogP contribution in [-0.2, 0) is 5.41 Å². The van der Waals surface area contributed by atoms with Crippen molar-refractivity contribution < 1.29 is 4.79 Å². The van der Waals surface area contributed by atoms with Gasteiger partial charge in [0.25, 0.3) is 5.91 Å². The minimum Gasteiger partial charge on any atom is -0.336 e. The summed E-state index contributed by atoms with van der Waals surface area (Å²) in [5.74, 6) is 1.85. The lowest BCUT2D eigenvalue weighted by Crippen LogP contribution is -2.45. The molecule has 1 aliphatic heterocycles. The van der Waals surface area contributed by atoms with Crippen LogP contribution in [0.25, 0.3) is 0 Å². The summed E-state index contributed by atoms with van der Waals surface area (Å²) >= 11 is 0. The van der Waals surface area contributed by atoms with Crippen molar-refractivity contribution in [3.63, 3.8) is 0 Å². The summed E-state index contributed by atoms with van der Waals surface area (Å²) in [7, 11) is 0. The van der Waals surface area contributed by atoms with Crippen LogP contribution < -0.4 is 5.73 Å². The minimum atomic E-state index is -0.137. The standard InChI is InChI=1S/C14H25N5O/c1-9-5-6-19(8-10(9)7-15)12(20)11-16-13(18-17-11)14(2,3)4/h9-10H,5-8,15H2,1-4H3,(H,16,17,18). The topological polar surface area (TPSA) is 87.9 Å². The normalized spacial score (nSPS) is 23.9. The van der Waals surface area contributed by atoms with Crippen molar-refractivity contribution in [3.8, 4) is 0 Å². The van der Waals surface area contributed by atoms with Crippen molar-refractivity contribution in [2.45, 2.75) is 39.5 Å². The first-order chi connectivity index (χ1) is 9.32. The van der Waals surface area contributed by atoms with E-state index in [9.17, 15) is 4.79 Å². The zero-order valence-corrected chi connectivity index (χ0v) is 12.8. The second kappa shape index (κ2) is 5.52. The van der Waals surface area contributed by atoms with Gasteiger partial charge in [0, 0.05) is 18.5 Å². The summed E-state index contributed by atoms with van der Waals surface area (Å²) in [4.78, 5) is 18.6. The number of piperidine rings is 1. The Morgan fingerprint density at radius 2 is 2.20 bits per heavy atom. The number of aromatic nitrogens is 3. The number of rotatable bonds is 2. The fraction of sp³-hybridized carbons (Fsp3) is 0.786. The fourth-order valence-electron chi connectivity index (χ4n) is 2.48. The average Bonchev–Trinajstić information content (AvgIpc) is 2.88. The number of carbonyl (C=O) groups is 1. The molecule has 1 fully saturated rings. The molecule has 1 aromatic heterocycles. The Labute approximate surface area is 120 Å². The number of nitrogens with one attached hydrogen (secondary N) is 1. The van der Waals surface area contributed by atoms with Gasteiger partial charge in [-0.2, -0.15) is 0 Å². The number of hydrogen-bond donors (Lipinski definition) is 2. The molecule has 3 N–H and O–H groups in total. The quantitative estimate of drug-likeness (QED) is 0.850. The highest BCUT2D eigenvalue weighted by Crippen LogP contribution is 2.23. The first-order valence-corrected chi connectivity index (χ1v) is 7.25. The maximum absolute atomic E-state index is 12.4. The van der Waals surface area contributed by atoms with Crippen LogP contribution in [0, 0.1) is 11.8 Å². The van der Waals surface area contributed by atoms with Gasteiger partial charge in [-0.1, -0.05) is 27.7 Å². The summed E-state index contributed by atoms with van der Waals surface area (Å²) in [6, 6.07) is 0. The summed E-state index contributed by atoms with van der Waals surface area (Å²) in [5.41, 5.74) is 5.64. The molecule has 2 heterocycles. The van der Waals surface area contributed by atoms with Crippen LogP contribution in [0.3, 0.4) is 0 Å². The third-order valence-electron chi connectivity index (χ3n) is 4.09.